The molecular formula is C22H23N3O4S. The normalized spacial score (nSPS) is 11.2. The number of fused-ring (bicyclic) bond motifs is 1. The van der Waals surface area contributed by atoms with E-state index in [0.717, 1.165) is 21.3 Å². The van der Waals surface area contributed by atoms with E-state index in [4.69, 9.17) is 0 Å². The Hall–Kier alpha value is -3.39. The Balaban J connectivity index is 1.84. The van der Waals surface area contributed by atoms with Gasteiger partial charge in [-0.15, -0.1) is 0 Å². The van der Waals surface area contributed by atoms with Crippen LogP contribution in [0.3, 0.4) is 0 Å². The van der Waals surface area contributed by atoms with Crippen LogP contribution >= 0.6 is 0 Å². The summed E-state index contributed by atoms with van der Waals surface area (Å²) in [5, 5.41) is 3.83. The lowest BCUT2D eigenvalue weighted by Gasteiger charge is -2.31. The summed E-state index contributed by atoms with van der Waals surface area (Å²) in [6.07, 6.45) is 0. The smallest absolute Gasteiger partial charge is 0.267 e. The molecule has 7 nitrogen and oxygen atoms in total. The summed E-state index contributed by atoms with van der Waals surface area (Å²) in [6.45, 7) is 3.72. The lowest BCUT2D eigenvalue weighted by molar-refractivity contribution is 0.0292. The number of hydrogen-bond acceptors (Lipinski definition) is 4. The Morgan fingerprint density at radius 1 is 0.933 bits per heavy atom. The van der Waals surface area contributed by atoms with Crippen LogP contribution in [0, 0.1) is 6.92 Å². The molecular weight excluding hydrogens is 402 g/mol. The van der Waals surface area contributed by atoms with E-state index in [1.807, 2.05) is 42.0 Å². The number of carbonyl (C=O) groups excluding carboxylic acids is 2. The number of hydrazine groups is 1. The van der Waals surface area contributed by atoms with E-state index in [2.05, 4.69) is 0 Å². The lowest BCUT2D eigenvalue weighted by Crippen LogP contribution is -2.52. The number of rotatable bonds is 4. The van der Waals surface area contributed by atoms with Crippen molar-refractivity contribution in [1.82, 2.24) is 14.7 Å². The van der Waals surface area contributed by atoms with Gasteiger partial charge >= 0.3 is 6.03 Å². The molecule has 0 aliphatic heterocycles. The number of nitrogens with one attached hydrogen (secondary N) is 1. The van der Waals surface area contributed by atoms with Crippen molar-refractivity contribution in [3.8, 4) is 0 Å². The van der Waals surface area contributed by atoms with Gasteiger partial charge < -0.3 is 0 Å². The highest BCUT2D eigenvalue weighted by atomic mass is 32.2. The van der Waals surface area contributed by atoms with Crippen LogP contribution in [0.1, 0.15) is 22.8 Å². The molecule has 0 spiro atoms. The van der Waals surface area contributed by atoms with Gasteiger partial charge in [-0.2, -0.15) is 0 Å². The maximum Gasteiger partial charge on any atom is 0.349 e. The molecule has 0 fully saturated rings. The summed E-state index contributed by atoms with van der Waals surface area (Å²) in [5.74, 6) is -0.403. The molecule has 3 aromatic rings. The van der Waals surface area contributed by atoms with E-state index < -0.39 is 22.0 Å². The molecule has 1 N–H and O–H groups in total. The Kier molecular flexibility index (Phi) is 6.07. The third kappa shape index (κ3) is 4.28. The number of carbonyl (C=O) groups is 2. The second kappa shape index (κ2) is 8.54. The largest absolute Gasteiger partial charge is 0.349 e. The maximum absolute atomic E-state index is 13.2. The molecule has 0 atom stereocenters. The first-order valence-corrected chi connectivity index (χ1v) is 10.9. The molecule has 156 valence electrons. The summed E-state index contributed by atoms with van der Waals surface area (Å²) in [4.78, 5) is 25.8. The van der Waals surface area contributed by atoms with E-state index in [9.17, 15) is 18.0 Å². The van der Waals surface area contributed by atoms with Gasteiger partial charge in [-0.05, 0) is 42.8 Å². The van der Waals surface area contributed by atoms with Crippen molar-refractivity contribution in [1.29, 1.82) is 0 Å². The van der Waals surface area contributed by atoms with E-state index in [1.165, 1.54) is 24.2 Å². The standard InChI is InChI=1S/C22H23N3O4S/c1-4-25(21(26)20-11-7-9-17-8-5-6-10-19(17)20)24(3)22(27)23-30(28,29)18-14-12-16(2)13-15-18/h5-15H,4H2,1-3H3,(H,23,27). The van der Waals surface area contributed by atoms with Crippen LogP contribution in [-0.2, 0) is 10.0 Å². The molecule has 8 heteroatoms. The average Bonchev–Trinajstić information content (AvgIpc) is 2.73. The van der Waals surface area contributed by atoms with Gasteiger partial charge in [0.05, 0.1) is 4.90 Å². The van der Waals surface area contributed by atoms with Gasteiger partial charge in [-0.25, -0.2) is 28.0 Å². The van der Waals surface area contributed by atoms with Crippen molar-refractivity contribution in [2.24, 2.45) is 0 Å². The molecule has 0 unspecified atom stereocenters. The second-order valence-corrected chi connectivity index (χ2v) is 8.48. The van der Waals surface area contributed by atoms with Crippen LogP contribution in [0.25, 0.3) is 10.8 Å². The Morgan fingerprint density at radius 2 is 1.57 bits per heavy atom. The predicted octanol–water partition coefficient (Wildman–Crippen LogP) is 3.56. The van der Waals surface area contributed by atoms with Crippen LogP contribution in [0.2, 0.25) is 0 Å². The minimum atomic E-state index is -4.07. The highest BCUT2D eigenvalue weighted by Gasteiger charge is 2.27. The number of sulfonamides is 1. The van der Waals surface area contributed by atoms with Gasteiger partial charge in [0.1, 0.15) is 0 Å². The zero-order chi connectivity index (χ0) is 21.9. The molecule has 0 aliphatic rings. The van der Waals surface area contributed by atoms with Crippen molar-refractivity contribution >= 4 is 32.7 Å². The lowest BCUT2D eigenvalue weighted by atomic mass is 10.0. The number of hydrogen-bond donors (Lipinski definition) is 1. The zero-order valence-corrected chi connectivity index (χ0v) is 17.8. The van der Waals surface area contributed by atoms with Crippen LogP contribution in [0.4, 0.5) is 4.79 Å². The minimum Gasteiger partial charge on any atom is -0.267 e. The van der Waals surface area contributed by atoms with Crippen molar-refractivity contribution in [3.63, 3.8) is 0 Å². The van der Waals surface area contributed by atoms with E-state index in [0.29, 0.717) is 5.56 Å². The summed E-state index contributed by atoms with van der Waals surface area (Å²) < 4.78 is 27.1. The molecule has 0 aromatic heterocycles. The van der Waals surface area contributed by atoms with Crippen LogP contribution in [-0.4, -0.2) is 44.0 Å². The maximum atomic E-state index is 13.2. The molecule has 0 saturated heterocycles. The van der Waals surface area contributed by atoms with Crippen molar-refractivity contribution in [3.05, 3.63) is 77.9 Å². The molecule has 3 aromatic carbocycles. The first-order valence-electron chi connectivity index (χ1n) is 9.41. The highest BCUT2D eigenvalue weighted by molar-refractivity contribution is 7.90. The molecule has 0 heterocycles. The number of amides is 3. The van der Waals surface area contributed by atoms with E-state index >= 15 is 0 Å². The van der Waals surface area contributed by atoms with Gasteiger partial charge in [0, 0.05) is 19.2 Å². The fraction of sp³-hybridized carbons (Fsp3) is 0.182. The molecule has 0 aliphatic carbocycles. The minimum absolute atomic E-state index is 0.0294. The summed E-state index contributed by atoms with van der Waals surface area (Å²) in [5.41, 5.74) is 1.33. The monoisotopic (exact) mass is 425 g/mol. The molecule has 30 heavy (non-hydrogen) atoms. The summed E-state index contributed by atoms with van der Waals surface area (Å²) in [6, 6.07) is 18.0. The number of benzene rings is 3. The number of aryl methyl sites for hydroxylation is 1. The van der Waals surface area contributed by atoms with Crippen molar-refractivity contribution in [2.75, 3.05) is 13.6 Å². The summed E-state index contributed by atoms with van der Waals surface area (Å²) in [7, 11) is -2.71. The second-order valence-electron chi connectivity index (χ2n) is 6.79. The van der Waals surface area contributed by atoms with E-state index in [-0.39, 0.29) is 11.4 Å². The molecule has 0 bridgehead atoms. The van der Waals surface area contributed by atoms with Crippen molar-refractivity contribution in [2.45, 2.75) is 18.7 Å². The zero-order valence-electron chi connectivity index (χ0n) is 17.0. The van der Waals surface area contributed by atoms with E-state index in [1.54, 1.807) is 31.2 Å². The van der Waals surface area contributed by atoms with Crippen LogP contribution in [0.15, 0.2) is 71.6 Å². The Bertz CT molecular complexity index is 1190. The van der Waals surface area contributed by atoms with Crippen LogP contribution in [0.5, 0.6) is 0 Å². The quantitative estimate of drug-likeness (QED) is 0.648. The molecule has 0 saturated carbocycles. The third-order valence-electron chi connectivity index (χ3n) is 4.76. The SMILES string of the molecule is CCN(C(=O)c1cccc2ccccc12)N(C)C(=O)NS(=O)(=O)c1ccc(C)cc1. The van der Waals surface area contributed by atoms with Gasteiger partial charge in [-0.3, -0.25) is 4.79 Å². The Labute approximate surface area is 175 Å². The predicted molar refractivity (Wildman–Crippen MR) is 115 cm³/mol. The number of urea groups is 1. The highest BCUT2D eigenvalue weighted by Crippen LogP contribution is 2.20. The summed E-state index contributed by atoms with van der Waals surface area (Å²) >= 11 is 0. The fourth-order valence-corrected chi connectivity index (χ4v) is 4.08. The van der Waals surface area contributed by atoms with Gasteiger partial charge in [0.2, 0.25) is 0 Å². The van der Waals surface area contributed by atoms with Crippen molar-refractivity contribution < 1.29 is 18.0 Å². The fourth-order valence-electron chi connectivity index (χ4n) is 3.11. The molecule has 3 amide bonds. The Morgan fingerprint density at radius 3 is 2.23 bits per heavy atom. The first kappa shape index (κ1) is 21.3. The van der Waals surface area contributed by atoms with Gasteiger partial charge in [0.15, 0.2) is 0 Å². The third-order valence-corrected chi connectivity index (χ3v) is 6.10. The van der Waals surface area contributed by atoms with Crippen LogP contribution < -0.4 is 4.72 Å². The average molecular weight is 426 g/mol. The van der Waals surface area contributed by atoms with Gasteiger partial charge in [0.25, 0.3) is 15.9 Å². The molecule has 3 rings (SSSR count). The first-order chi connectivity index (χ1) is 14.2. The number of nitrogens with zero attached hydrogens (tertiary/aromatic N) is 2. The topological polar surface area (TPSA) is 86.8 Å². The van der Waals surface area contributed by atoms with Gasteiger partial charge in [-0.1, -0.05) is 54.1 Å². The molecule has 0 radical (unpaired) electrons.